The molecule has 1 aromatic carbocycles. The minimum Gasteiger partial charge on any atom is -0.385 e. The Bertz CT molecular complexity index is 608. The Kier molecular flexibility index (Phi) is 4.30. The summed E-state index contributed by atoms with van der Waals surface area (Å²) in [6.45, 7) is 4.45. The molecule has 0 saturated heterocycles. The van der Waals surface area contributed by atoms with E-state index >= 15 is 0 Å². The Labute approximate surface area is 117 Å². The summed E-state index contributed by atoms with van der Waals surface area (Å²) >= 11 is 0. The predicted molar refractivity (Wildman–Crippen MR) is 77.5 cm³/mol. The van der Waals surface area contributed by atoms with Crippen molar-refractivity contribution in [1.29, 1.82) is 0 Å². The number of nitrogens with zero attached hydrogens (tertiary/aromatic N) is 1. The molecule has 2 N–H and O–H groups in total. The van der Waals surface area contributed by atoms with E-state index in [2.05, 4.69) is 15.6 Å². The minimum absolute atomic E-state index is 0.188. The first-order valence-corrected chi connectivity index (χ1v) is 6.38. The van der Waals surface area contributed by atoms with Crippen LogP contribution in [0.25, 0.3) is 0 Å². The zero-order valence-corrected chi connectivity index (χ0v) is 11.4. The molecule has 1 heterocycles. The van der Waals surface area contributed by atoms with Gasteiger partial charge in [-0.2, -0.15) is 0 Å². The van der Waals surface area contributed by atoms with Gasteiger partial charge in [-0.1, -0.05) is 12.1 Å². The number of nitrogens with one attached hydrogen (secondary N) is 2. The number of aryl methyl sites for hydroxylation is 1. The summed E-state index contributed by atoms with van der Waals surface area (Å²) in [7, 11) is 0. The monoisotopic (exact) mass is 273 g/mol. The van der Waals surface area contributed by atoms with Crippen LogP contribution in [0.1, 0.15) is 23.0 Å². The summed E-state index contributed by atoms with van der Waals surface area (Å²) < 4.78 is 13.7. The van der Waals surface area contributed by atoms with Crippen LogP contribution in [0.15, 0.2) is 36.5 Å². The molecule has 0 fully saturated rings. The predicted octanol–water partition coefficient (Wildman–Crippen LogP) is 3.21. The Morgan fingerprint density at radius 2 is 2.15 bits per heavy atom. The van der Waals surface area contributed by atoms with Crippen LogP contribution < -0.4 is 10.6 Å². The molecule has 5 heteroatoms. The lowest BCUT2D eigenvalue weighted by molar-refractivity contribution is 0.102. The molecule has 0 spiro atoms. The van der Waals surface area contributed by atoms with E-state index in [9.17, 15) is 9.18 Å². The van der Waals surface area contributed by atoms with E-state index in [1.165, 1.54) is 6.07 Å². The highest BCUT2D eigenvalue weighted by Crippen LogP contribution is 2.19. The largest absolute Gasteiger partial charge is 0.385 e. The molecule has 0 atom stereocenters. The number of carbonyl (C=O) groups excluding carboxylic acids is 1. The van der Waals surface area contributed by atoms with Gasteiger partial charge in [-0.15, -0.1) is 0 Å². The average molecular weight is 273 g/mol. The van der Waals surface area contributed by atoms with Gasteiger partial charge in [0, 0.05) is 18.4 Å². The number of hydrogen-bond acceptors (Lipinski definition) is 3. The first-order valence-electron chi connectivity index (χ1n) is 6.38. The Morgan fingerprint density at radius 3 is 2.85 bits per heavy atom. The van der Waals surface area contributed by atoms with Crippen molar-refractivity contribution in [2.24, 2.45) is 0 Å². The van der Waals surface area contributed by atoms with Crippen LogP contribution in [0.3, 0.4) is 0 Å². The maximum absolute atomic E-state index is 13.7. The number of benzene rings is 1. The van der Waals surface area contributed by atoms with Crippen molar-refractivity contribution in [3.63, 3.8) is 0 Å². The second-order valence-corrected chi connectivity index (χ2v) is 4.35. The van der Waals surface area contributed by atoms with E-state index in [1.54, 1.807) is 37.4 Å². The third kappa shape index (κ3) is 3.12. The van der Waals surface area contributed by atoms with Crippen LogP contribution in [-0.4, -0.2) is 17.4 Å². The highest BCUT2D eigenvalue weighted by atomic mass is 19.1. The third-order valence-electron chi connectivity index (χ3n) is 2.83. The van der Waals surface area contributed by atoms with Crippen LogP contribution in [-0.2, 0) is 0 Å². The van der Waals surface area contributed by atoms with Crippen LogP contribution in [0.5, 0.6) is 0 Å². The first kappa shape index (κ1) is 14.0. The molecule has 0 radical (unpaired) electrons. The Balaban J connectivity index is 2.22. The van der Waals surface area contributed by atoms with Crippen molar-refractivity contribution in [3.8, 4) is 0 Å². The van der Waals surface area contributed by atoms with Crippen LogP contribution >= 0.6 is 0 Å². The molecule has 104 valence electrons. The molecule has 1 aromatic heterocycles. The molecule has 0 aliphatic carbocycles. The van der Waals surface area contributed by atoms with Crippen molar-refractivity contribution in [3.05, 3.63) is 53.6 Å². The summed E-state index contributed by atoms with van der Waals surface area (Å²) in [5.74, 6) is -0.890. The fourth-order valence-electron chi connectivity index (χ4n) is 1.84. The van der Waals surface area contributed by atoms with Gasteiger partial charge in [0.15, 0.2) is 0 Å². The normalized spacial score (nSPS) is 10.2. The fourth-order valence-corrected chi connectivity index (χ4v) is 1.84. The molecule has 2 aromatic rings. The summed E-state index contributed by atoms with van der Waals surface area (Å²) in [6.07, 6.45) is 1.54. The summed E-state index contributed by atoms with van der Waals surface area (Å²) in [5, 5.41) is 5.66. The molecule has 2 rings (SSSR count). The molecule has 0 aliphatic rings. The van der Waals surface area contributed by atoms with E-state index < -0.39 is 11.7 Å². The molecule has 0 bridgehead atoms. The molecule has 0 saturated carbocycles. The van der Waals surface area contributed by atoms with E-state index in [4.69, 9.17) is 0 Å². The number of carbonyl (C=O) groups is 1. The molecule has 20 heavy (non-hydrogen) atoms. The lowest BCUT2D eigenvalue weighted by Gasteiger charge is -2.10. The summed E-state index contributed by atoms with van der Waals surface area (Å²) in [4.78, 5) is 16.1. The number of anilines is 2. The number of halogens is 1. The van der Waals surface area contributed by atoms with E-state index in [0.29, 0.717) is 5.56 Å². The smallest absolute Gasteiger partial charge is 0.274 e. The molecular weight excluding hydrogens is 257 g/mol. The zero-order chi connectivity index (χ0) is 14.5. The standard InChI is InChI=1S/C15H16FN3O/c1-3-17-11-7-8-18-13(9-11)15(20)19-14-10(2)5-4-6-12(14)16/h4-9H,3H2,1-2H3,(H,17,18)(H,19,20). The average Bonchev–Trinajstić information content (AvgIpc) is 2.43. The minimum atomic E-state index is -0.457. The topological polar surface area (TPSA) is 54.0 Å². The first-order chi connectivity index (χ1) is 9.61. The van der Waals surface area contributed by atoms with Gasteiger partial charge in [-0.3, -0.25) is 9.78 Å². The van der Waals surface area contributed by atoms with Crippen molar-refractivity contribution < 1.29 is 9.18 Å². The zero-order valence-electron chi connectivity index (χ0n) is 11.4. The van der Waals surface area contributed by atoms with Gasteiger partial charge in [0.05, 0.1) is 5.69 Å². The van der Waals surface area contributed by atoms with E-state index in [-0.39, 0.29) is 11.4 Å². The quantitative estimate of drug-likeness (QED) is 0.899. The van der Waals surface area contributed by atoms with E-state index in [1.807, 2.05) is 6.92 Å². The van der Waals surface area contributed by atoms with Crippen molar-refractivity contribution in [1.82, 2.24) is 4.98 Å². The van der Waals surface area contributed by atoms with Gasteiger partial charge in [0.2, 0.25) is 0 Å². The number of pyridine rings is 1. The number of para-hydroxylation sites is 1. The second-order valence-electron chi connectivity index (χ2n) is 4.35. The lowest BCUT2D eigenvalue weighted by atomic mass is 10.2. The van der Waals surface area contributed by atoms with Crippen LogP contribution in [0, 0.1) is 12.7 Å². The van der Waals surface area contributed by atoms with E-state index in [0.717, 1.165) is 12.2 Å². The summed E-state index contributed by atoms with van der Waals surface area (Å²) in [5.41, 5.74) is 1.90. The van der Waals surface area contributed by atoms with Gasteiger partial charge in [0.1, 0.15) is 11.5 Å². The third-order valence-corrected chi connectivity index (χ3v) is 2.83. The molecule has 0 aliphatic heterocycles. The van der Waals surface area contributed by atoms with Gasteiger partial charge in [-0.05, 0) is 37.6 Å². The summed E-state index contributed by atoms with van der Waals surface area (Å²) in [6, 6.07) is 8.06. The Hall–Kier alpha value is -2.43. The molecule has 1 amide bonds. The second kappa shape index (κ2) is 6.14. The van der Waals surface area contributed by atoms with Gasteiger partial charge in [-0.25, -0.2) is 4.39 Å². The lowest BCUT2D eigenvalue weighted by Crippen LogP contribution is -2.15. The number of rotatable bonds is 4. The highest BCUT2D eigenvalue weighted by molar-refractivity contribution is 6.03. The van der Waals surface area contributed by atoms with Gasteiger partial charge >= 0.3 is 0 Å². The molecular formula is C15H16FN3O. The van der Waals surface area contributed by atoms with Gasteiger partial charge in [0.25, 0.3) is 5.91 Å². The Morgan fingerprint density at radius 1 is 1.35 bits per heavy atom. The fraction of sp³-hybridized carbons (Fsp3) is 0.200. The number of hydrogen-bond donors (Lipinski definition) is 2. The highest BCUT2D eigenvalue weighted by Gasteiger charge is 2.12. The SMILES string of the molecule is CCNc1ccnc(C(=O)Nc2c(C)cccc2F)c1. The number of aromatic nitrogens is 1. The van der Waals surface area contributed by atoms with Crippen LogP contribution in [0.2, 0.25) is 0 Å². The maximum atomic E-state index is 13.7. The molecule has 0 unspecified atom stereocenters. The van der Waals surface area contributed by atoms with Gasteiger partial charge < -0.3 is 10.6 Å². The van der Waals surface area contributed by atoms with Crippen molar-refractivity contribution >= 4 is 17.3 Å². The maximum Gasteiger partial charge on any atom is 0.274 e. The van der Waals surface area contributed by atoms with Crippen molar-refractivity contribution in [2.75, 3.05) is 17.2 Å². The van der Waals surface area contributed by atoms with Crippen molar-refractivity contribution in [2.45, 2.75) is 13.8 Å². The number of amides is 1. The molecule has 4 nitrogen and oxygen atoms in total. The van der Waals surface area contributed by atoms with Crippen LogP contribution in [0.4, 0.5) is 15.8 Å².